The highest BCUT2D eigenvalue weighted by Crippen LogP contribution is 2.32. The number of halogens is 1. The molecule has 4 nitrogen and oxygen atoms in total. The molecule has 88 valence electrons. The van der Waals surface area contributed by atoms with E-state index in [9.17, 15) is 10.1 Å². The van der Waals surface area contributed by atoms with E-state index in [1.807, 2.05) is 0 Å². The molecule has 0 spiro atoms. The molecular weight excluding hydrogens is 280 g/mol. The van der Waals surface area contributed by atoms with Gasteiger partial charge in [-0.2, -0.15) is 0 Å². The number of rotatable bonds is 4. The fourth-order valence-corrected chi connectivity index (χ4v) is 3.25. The van der Waals surface area contributed by atoms with Gasteiger partial charge in [0.25, 0.3) is 5.69 Å². The maximum Gasteiger partial charge on any atom is 0.282 e. The summed E-state index contributed by atoms with van der Waals surface area (Å²) in [6.45, 7) is 0. The highest BCUT2D eigenvalue weighted by molar-refractivity contribution is 7.98. The van der Waals surface area contributed by atoms with Crippen molar-refractivity contribution in [1.82, 2.24) is 4.98 Å². The highest BCUT2D eigenvalue weighted by atomic mass is 35.5. The Morgan fingerprint density at radius 1 is 1.47 bits per heavy atom. The van der Waals surface area contributed by atoms with Gasteiger partial charge in [-0.3, -0.25) is 10.1 Å². The van der Waals surface area contributed by atoms with Gasteiger partial charge in [0.15, 0.2) is 4.47 Å². The van der Waals surface area contributed by atoms with Crippen LogP contribution in [0.15, 0.2) is 35.4 Å². The zero-order valence-electron chi connectivity index (χ0n) is 8.50. The lowest BCUT2D eigenvalue weighted by Gasteiger charge is -2.00. The minimum atomic E-state index is -0.373. The minimum Gasteiger partial charge on any atom is -0.258 e. The molecule has 0 aliphatic rings. The second-order valence-corrected chi connectivity index (χ2v) is 5.81. The lowest BCUT2D eigenvalue weighted by Crippen LogP contribution is -1.90. The zero-order chi connectivity index (χ0) is 12.3. The Morgan fingerprint density at radius 2 is 2.24 bits per heavy atom. The lowest BCUT2D eigenvalue weighted by molar-refractivity contribution is -0.387. The third kappa shape index (κ3) is 3.18. The van der Waals surface area contributed by atoms with E-state index in [0.29, 0.717) is 15.1 Å². The van der Waals surface area contributed by atoms with E-state index in [2.05, 4.69) is 4.98 Å². The van der Waals surface area contributed by atoms with Crippen molar-refractivity contribution < 1.29 is 4.92 Å². The van der Waals surface area contributed by atoms with Crippen LogP contribution in [0.3, 0.4) is 0 Å². The van der Waals surface area contributed by atoms with Gasteiger partial charge in [0.1, 0.15) is 0 Å². The highest BCUT2D eigenvalue weighted by Gasteiger charge is 2.13. The largest absolute Gasteiger partial charge is 0.282 e. The third-order valence-electron chi connectivity index (χ3n) is 1.96. The second kappa shape index (κ2) is 5.48. The van der Waals surface area contributed by atoms with Gasteiger partial charge in [-0.15, -0.1) is 23.1 Å². The van der Waals surface area contributed by atoms with Crippen LogP contribution in [0, 0.1) is 10.1 Å². The van der Waals surface area contributed by atoms with Crippen molar-refractivity contribution in [2.75, 3.05) is 0 Å². The predicted molar refractivity (Wildman–Crippen MR) is 69.8 cm³/mol. The molecular formula is C10H7ClN2O2S2. The number of nitro groups is 1. The molecule has 1 aromatic carbocycles. The van der Waals surface area contributed by atoms with Crippen LogP contribution in [0.2, 0.25) is 4.47 Å². The molecule has 0 N–H and O–H groups in total. The smallest absolute Gasteiger partial charge is 0.258 e. The number of aromatic nitrogens is 1. The molecule has 0 radical (unpaired) electrons. The summed E-state index contributed by atoms with van der Waals surface area (Å²) < 4.78 is 0.489. The number of para-hydroxylation sites is 1. The van der Waals surface area contributed by atoms with Gasteiger partial charge >= 0.3 is 0 Å². The normalized spacial score (nSPS) is 10.4. The van der Waals surface area contributed by atoms with Crippen molar-refractivity contribution in [3.05, 3.63) is 49.9 Å². The van der Waals surface area contributed by atoms with Gasteiger partial charge in [0, 0.05) is 22.9 Å². The first-order valence-corrected chi connectivity index (χ1v) is 6.81. The van der Waals surface area contributed by atoms with Gasteiger partial charge in [-0.25, -0.2) is 4.98 Å². The monoisotopic (exact) mass is 286 g/mol. The second-order valence-electron chi connectivity index (χ2n) is 3.09. The molecule has 2 rings (SSSR count). The van der Waals surface area contributed by atoms with E-state index in [1.165, 1.54) is 29.2 Å². The van der Waals surface area contributed by atoms with Crippen LogP contribution in [-0.2, 0) is 5.75 Å². The number of hydrogen-bond acceptors (Lipinski definition) is 5. The average molecular weight is 287 g/mol. The van der Waals surface area contributed by atoms with E-state index < -0.39 is 0 Å². The molecule has 1 aromatic heterocycles. The number of thioether (sulfide) groups is 1. The van der Waals surface area contributed by atoms with Crippen molar-refractivity contribution in [3.63, 3.8) is 0 Å². The molecule has 0 amide bonds. The first-order chi connectivity index (χ1) is 8.16. The van der Waals surface area contributed by atoms with Crippen molar-refractivity contribution in [1.29, 1.82) is 0 Å². The molecule has 0 aliphatic carbocycles. The Morgan fingerprint density at radius 3 is 2.88 bits per heavy atom. The molecule has 2 aromatic rings. The quantitative estimate of drug-likeness (QED) is 0.484. The Kier molecular flexibility index (Phi) is 3.98. The van der Waals surface area contributed by atoms with Crippen molar-refractivity contribution in [2.45, 2.75) is 10.6 Å². The van der Waals surface area contributed by atoms with Crippen LogP contribution in [0.25, 0.3) is 0 Å². The number of hydrogen-bond donors (Lipinski definition) is 0. The zero-order valence-corrected chi connectivity index (χ0v) is 10.9. The summed E-state index contributed by atoms with van der Waals surface area (Å²) in [5.41, 5.74) is 0.133. The summed E-state index contributed by atoms with van der Waals surface area (Å²) in [4.78, 5) is 16.0. The fraction of sp³-hybridized carbons (Fsp3) is 0.100. The first kappa shape index (κ1) is 12.3. The van der Waals surface area contributed by atoms with E-state index in [-0.39, 0.29) is 10.6 Å². The molecule has 0 atom stereocenters. The van der Waals surface area contributed by atoms with Gasteiger partial charge in [-0.1, -0.05) is 23.7 Å². The number of benzene rings is 1. The van der Waals surface area contributed by atoms with Crippen LogP contribution in [0.4, 0.5) is 5.69 Å². The Hall–Kier alpha value is -1.11. The van der Waals surface area contributed by atoms with Crippen LogP contribution in [0.5, 0.6) is 0 Å². The van der Waals surface area contributed by atoms with Gasteiger partial charge < -0.3 is 0 Å². The van der Waals surface area contributed by atoms with Crippen molar-refractivity contribution in [2.24, 2.45) is 0 Å². The number of thiazole rings is 1. The first-order valence-electron chi connectivity index (χ1n) is 4.63. The summed E-state index contributed by atoms with van der Waals surface area (Å²) >= 11 is 8.51. The average Bonchev–Trinajstić information content (AvgIpc) is 2.73. The van der Waals surface area contributed by atoms with E-state index >= 15 is 0 Å². The Balaban J connectivity index is 2.11. The maximum atomic E-state index is 10.8. The summed E-state index contributed by atoms with van der Waals surface area (Å²) in [5.74, 6) is 0.634. The topological polar surface area (TPSA) is 56.0 Å². The predicted octanol–water partition coefficient (Wildman–Crippen LogP) is 4.00. The van der Waals surface area contributed by atoms with E-state index in [0.717, 1.165) is 4.88 Å². The molecule has 0 bridgehead atoms. The molecule has 0 aliphatic heterocycles. The number of nitro benzene ring substituents is 1. The van der Waals surface area contributed by atoms with Gasteiger partial charge in [0.05, 0.1) is 9.82 Å². The maximum absolute atomic E-state index is 10.8. The summed E-state index contributed by atoms with van der Waals surface area (Å²) in [5, 5.41) is 10.8. The van der Waals surface area contributed by atoms with Crippen LogP contribution in [-0.4, -0.2) is 9.91 Å². The summed E-state index contributed by atoms with van der Waals surface area (Å²) in [6.07, 6.45) is 1.69. The Bertz CT molecular complexity index is 545. The van der Waals surface area contributed by atoms with Crippen LogP contribution >= 0.6 is 34.7 Å². The van der Waals surface area contributed by atoms with Crippen molar-refractivity contribution in [3.8, 4) is 0 Å². The molecule has 7 heteroatoms. The molecule has 0 saturated heterocycles. The summed E-state index contributed by atoms with van der Waals surface area (Å²) in [7, 11) is 0. The molecule has 17 heavy (non-hydrogen) atoms. The fourth-order valence-electron chi connectivity index (χ4n) is 1.23. The van der Waals surface area contributed by atoms with Gasteiger partial charge in [0.2, 0.25) is 0 Å². The standard InChI is InChI=1S/C10H7ClN2O2S2/c11-10-12-5-7(17-10)6-16-9-4-2-1-3-8(9)13(14)15/h1-5H,6H2. The Labute approximate surface area is 111 Å². The number of nitrogens with zero attached hydrogens (tertiary/aromatic N) is 2. The molecule has 0 saturated carbocycles. The lowest BCUT2D eigenvalue weighted by atomic mass is 10.3. The third-order valence-corrected chi connectivity index (χ3v) is 4.37. The SMILES string of the molecule is O=[N+]([O-])c1ccccc1SCc1cnc(Cl)s1. The van der Waals surface area contributed by atoms with Crippen LogP contribution < -0.4 is 0 Å². The molecule has 1 heterocycles. The van der Waals surface area contributed by atoms with E-state index in [4.69, 9.17) is 11.6 Å². The van der Waals surface area contributed by atoms with Crippen LogP contribution in [0.1, 0.15) is 4.88 Å². The molecule has 0 fully saturated rings. The minimum absolute atomic E-state index is 0.133. The van der Waals surface area contributed by atoms with Crippen molar-refractivity contribution >= 4 is 40.4 Å². The summed E-state index contributed by atoms with van der Waals surface area (Å²) in [6, 6.07) is 6.69. The molecule has 0 unspecified atom stereocenters. The van der Waals surface area contributed by atoms with Gasteiger partial charge in [-0.05, 0) is 6.07 Å². The van der Waals surface area contributed by atoms with E-state index in [1.54, 1.807) is 24.4 Å².